The monoisotopic (exact) mass is 253 g/mol. The molecule has 0 bridgehead atoms. The lowest BCUT2D eigenvalue weighted by Gasteiger charge is -2.07. The summed E-state index contributed by atoms with van der Waals surface area (Å²) in [6, 6.07) is 6.04. The lowest BCUT2D eigenvalue weighted by Crippen LogP contribution is -2.17. The van der Waals surface area contributed by atoms with E-state index < -0.39 is 16.1 Å². The van der Waals surface area contributed by atoms with Gasteiger partial charge < -0.3 is 0 Å². The third-order valence-corrected chi connectivity index (χ3v) is 4.66. The Labute approximate surface area is 101 Å². The molecule has 0 radical (unpaired) electrons. The van der Waals surface area contributed by atoms with Crippen molar-refractivity contribution in [3.8, 4) is 0 Å². The first-order chi connectivity index (χ1) is 7.85. The summed E-state index contributed by atoms with van der Waals surface area (Å²) in [7, 11) is -3.64. The van der Waals surface area contributed by atoms with Gasteiger partial charge in [-0.15, -0.1) is 0 Å². The molecule has 0 aliphatic carbocycles. The summed E-state index contributed by atoms with van der Waals surface area (Å²) in [5.74, 6) is -0.289. The van der Waals surface area contributed by atoms with E-state index in [0.29, 0.717) is 0 Å². The molecule has 0 saturated carbocycles. The molecule has 92 valence electrons. The van der Waals surface area contributed by atoms with Crippen molar-refractivity contribution in [2.45, 2.75) is 31.7 Å². The fourth-order valence-corrected chi connectivity index (χ4v) is 3.46. The van der Waals surface area contributed by atoms with E-state index in [0.717, 1.165) is 9.87 Å². The normalized spacial score (nSPS) is 19.9. The van der Waals surface area contributed by atoms with Crippen molar-refractivity contribution in [1.29, 1.82) is 0 Å². The third kappa shape index (κ3) is 1.95. The van der Waals surface area contributed by atoms with E-state index in [9.17, 15) is 13.2 Å². The van der Waals surface area contributed by atoms with Crippen LogP contribution in [0.3, 0.4) is 0 Å². The van der Waals surface area contributed by atoms with Gasteiger partial charge in [-0.05, 0) is 25.0 Å². The first-order valence-electron chi connectivity index (χ1n) is 5.50. The van der Waals surface area contributed by atoms with Crippen LogP contribution in [0.5, 0.6) is 0 Å². The third-order valence-electron chi connectivity index (χ3n) is 2.86. The molecule has 1 amide bonds. The molecule has 1 aromatic rings. The molecule has 4 nitrogen and oxygen atoms in total. The van der Waals surface area contributed by atoms with Gasteiger partial charge in [-0.25, -0.2) is 12.7 Å². The lowest BCUT2D eigenvalue weighted by molar-refractivity contribution is -0.112. The molecule has 5 heteroatoms. The highest BCUT2D eigenvalue weighted by molar-refractivity contribution is 7.90. The fraction of sp³-hybridized carbons (Fsp3) is 0.417. The van der Waals surface area contributed by atoms with Gasteiger partial charge in [0.1, 0.15) is 6.04 Å². The van der Waals surface area contributed by atoms with Gasteiger partial charge in [-0.1, -0.05) is 31.5 Å². The van der Waals surface area contributed by atoms with Crippen molar-refractivity contribution in [2.24, 2.45) is 5.92 Å². The molecule has 1 aliphatic heterocycles. The van der Waals surface area contributed by atoms with E-state index in [1.807, 2.05) is 20.8 Å². The Balaban J connectivity index is 2.33. The Bertz CT molecular complexity index is 546. The van der Waals surface area contributed by atoms with Gasteiger partial charge in [0.05, 0.1) is 4.90 Å². The van der Waals surface area contributed by atoms with E-state index in [4.69, 9.17) is 0 Å². The Morgan fingerprint density at radius 2 is 1.71 bits per heavy atom. The summed E-state index contributed by atoms with van der Waals surface area (Å²) in [4.78, 5) is 11.7. The molecular formula is C12H15NO3S. The number of aryl methyl sites for hydroxylation is 1. The lowest BCUT2D eigenvalue weighted by atomic mass is 10.1. The number of hydrogen-bond donors (Lipinski definition) is 0. The summed E-state index contributed by atoms with van der Waals surface area (Å²) in [5, 5.41) is 0. The zero-order valence-corrected chi connectivity index (χ0v) is 10.9. The van der Waals surface area contributed by atoms with Gasteiger partial charge in [0.15, 0.2) is 0 Å². The second kappa shape index (κ2) is 3.84. The van der Waals surface area contributed by atoms with Crippen molar-refractivity contribution in [1.82, 2.24) is 4.31 Å². The number of sulfonamides is 1. The molecule has 0 N–H and O–H groups in total. The zero-order chi connectivity index (χ0) is 12.8. The van der Waals surface area contributed by atoms with Crippen molar-refractivity contribution in [3.05, 3.63) is 29.8 Å². The van der Waals surface area contributed by atoms with Crippen LogP contribution in [0.1, 0.15) is 19.4 Å². The summed E-state index contributed by atoms with van der Waals surface area (Å²) >= 11 is 0. The molecule has 17 heavy (non-hydrogen) atoms. The van der Waals surface area contributed by atoms with Crippen molar-refractivity contribution in [2.75, 3.05) is 0 Å². The van der Waals surface area contributed by atoms with E-state index in [-0.39, 0.29) is 16.7 Å². The van der Waals surface area contributed by atoms with Gasteiger partial charge in [0.25, 0.3) is 15.9 Å². The number of hydrogen-bond acceptors (Lipinski definition) is 3. The summed E-state index contributed by atoms with van der Waals surface area (Å²) < 4.78 is 25.2. The molecular weight excluding hydrogens is 238 g/mol. The molecule has 1 heterocycles. The first-order valence-corrected chi connectivity index (χ1v) is 6.94. The minimum atomic E-state index is -3.64. The van der Waals surface area contributed by atoms with Gasteiger partial charge in [0.2, 0.25) is 0 Å². The molecule has 1 atom stereocenters. The topological polar surface area (TPSA) is 54.2 Å². The van der Waals surface area contributed by atoms with Gasteiger partial charge >= 0.3 is 0 Å². The maximum atomic E-state index is 12.1. The molecule has 1 saturated heterocycles. The predicted molar refractivity (Wildman–Crippen MR) is 63.8 cm³/mol. The quantitative estimate of drug-likeness (QED) is 0.768. The highest BCUT2D eigenvalue weighted by Crippen LogP contribution is 2.34. The smallest absolute Gasteiger partial charge is 0.267 e. The Morgan fingerprint density at radius 3 is 2.12 bits per heavy atom. The predicted octanol–water partition coefficient (Wildman–Crippen LogP) is 1.55. The van der Waals surface area contributed by atoms with Gasteiger partial charge in [-0.2, -0.15) is 0 Å². The molecule has 0 spiro atoms. The van der Waals surface area contributed by atoms with Crippen LogP contribution in [0, 0.1) is 12.8 Å². The molecule has 1 unspecified atom stereocenters. The SMILES string of the molecule is Cc1ccc(S(=O)(=O)N2C(=O)C2C(C)C)cc1. The Morgan fingerprint density at radius 1 is 1.18 bits per heavy atom. The molecule has 0 aromatic heterocycles. The number of rotatable bonds is 3. The van der Waals surface area contributed by atoms with Crippen molar-refractivity contribution >= 4 is 15.9 Å². The zero-order valence-electron chi connectivity index (χ0n) is 10.0. The number of benzene rings is 1. The average molecular weight is 253 g/mol. The van der Waals surface area contributed by atoms with Crippen LogP contribution in [-0.4, -0.2) is 24.7 Å². The van der Waals surface area contributed by atoms with Gasteiger partial charge in [-0.3, -0.25) is 4.79 Å². The molecule has 1 fully saturated rings. The summed E-state index contributed by atoms with van der Waals surface area (Å²) in [6.45, 7) is 5.57. The summed E-state index contributed by atoms with van der Waals surface area (Å²) in [5.41, 5.74) is 0.987. The van der Waals surface area contributed by atoms with Crippen molar-refractivity contribution < 1.29 is 13.2 Å². The van der Waals surface area contributed by atoms with E-state index in [1.54, 1.807) is 12.1 Å². The summed E-state index contributed by atoms with van der Waals surface area (Å²) in [6.07, 6.45) is 0. The largest absolute Gasteiger partial charge is 0.271 e. The molecule has 1 aliphatic rings. The van der Waals surface area contributed by atoms with Crippen LogP contribution in [0.25, 0.3) is 0 Å². The molecule has 2 rings (SSSR count). The van der Waals surface area contributed by atoms with Gasteiger partial charge in [0, 0.05) is 0 Å². The second-order valence-corrected chi connectivity index (χ2v) is 6.46. The van der Waals surface area contributed by atoms with Crippen LogP contribution in [0.15, 0.2) is 29.2 Å². The maximum absolute atomic E-state index is 12.1. The van der Waals surface area contributed by atoms with Crippen LogP contribution < -0.4 is 0 Å². The number of carbonyl (C=O) groups is 1. The van der Waals surface area contributed by atoms with Crippen LogP contribution >= 0.6 is 0 Å². The number of amides is 1. The Kier molecular flexibility index (Phi) is 2.73. The Hall–Kier alpha value is -1.36. The van der Waals surface area contributed by atoms with Crippen LogP contribution in [0.2, 0.25) is 0 Å². The van der Waals surface area contributed by atoms with Crippen LogP contribution in [0.4, 0.5) is 0 Å². The van der Waals surface area contributed by atoms with Crippen LogP contribution in [-0.2, 0) is 14.8 Å². The number of nitrogens with zero attached hydrogens (tertiary/aromatic N) is 1. The maximum Gasteiger partial charge on any atom is 0.267 e. The highest BCUT2D eigenvalue weighted by Gasteiger charge is 2.55. The minimum Gasteiger partial charge on any atom is -0.271 e. The first kappa shape index (κ1) is 12.1. The standard InChI is InChI=1S/C12H15NO3S/c1-8(2)11-12(14)13(11)17(15,16)10-6-4-9(3)5-7-10/h4-8,11H,1-3H3. The number of carbonyl (C=O) groups excluding carboxylic acids is 1. The molecule has 1 aromatic carbocycles. The minimum absolute atomic E-state index is 0.0164. The fourth-order valence-electron chi connectivity index (χ4n) is 1.82. The second-order valence-electron chi connectivity index (χ2n) is 4.64. The average Bonchev–Trinajstić information content (AvgIpc) is 2.91. The van der Waals surface area contributed by atoms with E-state index in [1.165, 1.54) is 12.1 Å². The van der Waals surface area contributed by atoms with Crippen molar-refractivity contribution in [3.63, 3.8) is 0 Å². The van der Waals surface area contributed by atoms with E-state index in [2.05, 4.69) is 0 Å². The van der Waals surface area contributed by atoms with E-state index >= 15 is 0 Å². The highest BCUT2D eigenvalue weighted by atomic mass is 32.2.